The molecule has 0 aromatic heterocycles. The van der Waals surface area contributed by atoms with Crippen molar-refractivity contribution in [2.45, 2.75) is 46.0 Å². The first-order valence-corrected chi connectivity index (χ1v) is 9.40. The van der Waals surface area contributed by atoms with Crippen LogP contribution in [0.2, 0.25) is 0 Å². The van der Waals surface area contributed by atoms with Crippen LogP contribution in [0.4, 0.5) is 0 Å². The molecule has 0 heteroatoms. The largest absolute Gasteiger partial charge is 0.0654 e. The van der Waals surface area contributed by atoms with Gasteiger partial charge in [-0.3, -0.25) is 0 Å². The second-order valence-corrected chi connectivity index (χ2v) is 7.22. The zero-order valence-electron chi connectivity index (χ0n) is 14.8. The maximum absolute atomic E-state index is 2.46. The Morgan fingerprint density at radius 3 is 2.54 bits per heavy atom. The van der Waals surface area contributed by atoms with Crippen LogP contribution in [0.3, 0.4) is 0 Å². The van der Waals surface area contributed by atoms with Gasteiger partial charge in [0, 0.05) is 5.92 Å². The predicted octanol–water partition coefficient (Wildman–Crippen LogP) is 6.46. The van der Waals surface area contributed by atoms with E-state index in [0.717, 1.165) is 0 Å². The summed E-state index contributed by atoms with van der Waals surface area (Å²) in [6, 6.07) is 18.2. The highest BCUT2D eigenvalue weighted by Gasteiger charge is 2.29. The van der Waals surface area contributed by atoms with E-state index in [1.807, 2.05) is 0 Å². The fourth-order valence-electron chi connectivity index (χ4n) is 4.24. The van der Waals surface area contributed by atoms with E-state index in [0.29, 0.717) is 5.92 Å². The summed E-state index contributed by atoms with van der Waals surface area (Å²) < 4.78 is 0. The van der Waals surface area contributed by atoms with E-state index in [1.54, 1.807) is 5.57 Å². The summed E-state index contributed by atoms with van der Waals surface area (Å²) in [5.74, 6) is 0.551. The molecule has 0 fully saturated rings. The second kappa shape index (κ2) is 6.43. The van der Waals surface area contributed by atoms with Gasteiger partial charge in [-0.15, -0.1) is 0 Å². The molecule has 122 valence electrons. The van der Waals surface area contributed by atoms with Gasteiger partial charge in [-0.1, -0.05) is 74.4 Å². The highest BCUT2D eigenvalue weighted by Crippen LogP contribution is 2.46. The molecule has 0 heterocycles. The van der Waals surface area contributed by atoms with Crippen molar-refractivity contribution < 1.29 is 0 Å². The summed E-state index contributed by atoms with van der Waals surface area (Å²) in [6.07, 6.45) is 8.61. The summed E-state index contributed by atoms with van der Waals surface area (Å²) >= 11 is 0. The minimum atomic E-state index is 0.551. The van der Waals surface area contributed by atoms with Crippen LogP contribution in [-0.2, 0) is 12.8 Å². The lowest BCUT2D eigenvalue weighted by molar-refractivity contribution is 0.789. The molecule has 2 aromatic rings. The number of rotatable bonds is 4. The third-order valence-electron chi connectivity index (χ3n) is 5.71. The summed E-state index contributed by atoms with van der Waals surface area (Å²) in [7, 11) is 0. The molecule has 0 bridgehead atoms. The Morgan fingerprint density at radius 1 is 0.958 bits per heavy atom. The van der Waals surface area contributed by atoms with E-state index >= 15 is 0 Å². The molecule has 2 aromatic carbocycles. The van der Waals surface area contributed by atoms with Gasteiger partial charge in [-0.2, -0.15) is 0 Å². The smallest absolute Gasteiger partial charge is 0.00353 e. The average Bonchev–Trinajstić information content (AvgIpc) is 2.98. The van der Waals surface area contributed by atoms with Crippen LogP contribution < -0.4 is 0 Å². The van der Waals surface area contributed by atoms with Crippen molar-refractivity contribution in [3.8, 4) is 0 Å². The van der Waals surface area contributed by atoms with Gasteiger partial charge < -0.3 is 0 Å². The molecule has 0 amide bonds. The van der Waals surface area contributed by atoms with Gasteiger partial charge in [-0.25, -0.2) is 0 Å². The van der Waals surface area contributed by atoms with Crippen molar-refractivity contribution >= 4 is 11.1 Å². The maximum atomic E-state index is 2.46. The van der Waals surface area contributed by atoms with E-state index in [1.165, 1.54) is 65.5 Å². The zero-order chi connectivity index (χ0) is 16.5. The van der Waals surface area contributed by atoms with Gasteiger partial charge in [0.25, 0.3) is 0 Å². The summed E-state index contributed by atoms with van der Waals surface area (Å²) in [5, 5.41) is 0. The molecule has 1 atom stereocenters. The quantitative estimate of drug-likeness (QED) is 0.607. The Hall–Kier alpha value is -2.08. The normalized spacial score (nSPS) is 19.1. The van der Waals surface area contributed by atoms with Crippen molar-refractivity contribution in [1.82, 2.24) is 0 Å². The van der Waals surface area contributed by atoms with E-state index < -0.39 is 0 Å². The van der Waals surface area contributed by atoms with Gasteiger partial charge in [0.2, 0.25) is 0 Å². The van der Waals surface area contributed by atoms with Crippen LogP contribution >= 0.6 is 0 Å². The number of aryl methyl sites for hydroxylation is 2. The second-order valence-electron chi connectivity index (χ2n) is 7.22. The molecule has 0 spiro atoms. The number of fused-ring (bicyclic) bond motifs is 2. The van der Waals surface area contributed by atoms with Crippen LogP contribution in [0.5, 0.6) is 0 Å². The minimum absolute atomic E-state index is 0.551. The topological polar surface area (TPSA) is 0 Å². The first-order valence-electron chi connectivity index (χ1n) is 9.40. The minimum Gasteiger partial charge on any atom is -0.0654 e. The number of allylic oxidation sites excluding steroid dienone is 4. The van der Waals surface area contributed by atoms with Crippen LogP contribution in [-0.4, -0.2) is 0 Å². The Morgan fingerprint density at radius 2 is 1.75 bits per heavy atom. The molecular weight excluding hydrogens is 288 g/mol. The van der Waals surface area contributed by atoms with Gasteiger partial charge in [0.05, 0.1) is 0 Å². The van der Waals surface area contributed by atoms with Crippen molar-refractivity contribution in [1.29, 1.82) is 0 Å². The standard InChI is InChI=1S/C24H26/c1-3-4-7-18-10-12-20(13-11-18)23-16-24-21(17(23)2)15-14-19-8-5-6-9-22(19)24/h5-6,8-13,16-17H,3-4,7,14-15H2,1-2H3/t17-/m0/s1. The Kier molecular flexibility index (Phi) is 4.14. The van der Waals surface area contributed by atoms with E-state index in [9.17, 15) is 0 Å². The average molecular weight is 314 g/mol. The third kappa shape index (κ3) is 2.65. The molecule has 0 radical (unpaired) electrons. The highest BCUT2D eigenvalue weighted by molar-refractivity contribution is 5.94. The molecule has 24 heavy (non-hydrogen) atoms. The Labute approximate surface area is 145 Å². The maximum Gasteiger partial charge on any atom is 0.00353 e. The highest BCUT2D eigenvalue weighted by atomic mass is 14.3. The molecule has 0 saturated heterocycles. The van der Waals surface area contributed by atoms with Crippen molar-refractivity contribution in [3.63, 3.8) is 0 Å². The van der Waals surface area contributed by atoms with Crippen molar-refractivity contribution in [3.05, 3.63) is 82.4 Å². The molecule has 4 rings (SSSR count). The Bertz CT molecular complexity index is 802. The van der Waals surface area contributed by atoms with Crippen LogP contribution in [0, 0.1) is 5.92 Å². The van der Waals surface area contributed by atoms with E-state index in [2.05, 4.69) is 68.5 Å². The first kappa shape index (κ1) is 15.4. The first-order chi connectivity index (χ1) is 11.8. The van der Waals surface area contributed by atoms with Gasteiger partial charge in [0.1, 0.15) is 0 Å². The zero-order valence-corrected chi connectivity index (χ0v) is 14.8. The van der Waals surface area contributed by atoms with Crippen LogP contribution in [0.1, 0.15) is 55.4 Å². The molecule has 0 N–H and O–H groups in total. The van der Waals surface area contributed by atoms with Crippen LogP contribution in [0.15, 0.2) is 60.2 Å². The van der Waals surface area contributed by atoms with Gasteiger partial charge in [-0.05, 0) is 65.2 Å². The van der Waals surface area contributed by atoms with Gasteiger partial charge >= 0.3 is 0 Å². The number of benzene rings is 2. The molecule has 0 aliphatic heterocycles. The molecule has 0 unspecified atom stereocenters. The third-order valence-corrected chi connectivity index (χ3v) is 5.71. The number of hydrogen-bond acceptors (Lipinski definition) is 0. The van der Waals surface area contributed by atoms with Crippen molar-refractivity contribution in [2.75, 3.05) is 0 Å². The van der Waals surface area contributed by atoms with E-state index in [4.69, 9.17) is 0 Å². The fourth-order valence-corrected chi connectivity index (χ4v) is 4.24. The van der Waals surface area contributed by atoms with E-state index in [-0.39, 0.29) is 0 Å². The predicted molar refractivity (Wildman–Crippen MR) is 104 cm³/mol. The fraction of sp³-hybridized carbons (Fsp3) is 0.333. The number of hydrogen-bond donors (Lipinski definition) is 0. The lowest BCUT2D eigenvalue weighted by Crippen LogP contribution is -2.06. The number of unbranched alkanes of at least 4 members (excludes halogenated alkanes) is 1. The monoisotopic (exact) mass is 314 g/mol. The Balaban J connectivity index is 1.65. The summed E-state index contributed by atoms with van der Waals surface area (Å²) in [6.45, 7) is 4.64. The van der Waals surface area contributed by atoms with Crippen LogP contribution in [0.25, 0.3) is 11.1 Å². The molecule has 2 aliphatic carbocycles. The van der Waals surface area contributed by atoms with Gasteiger partial charge in [0.15, 0.2) is 0 Å². The SMILES string of the molecule is CCCCc1ccc(C2=CC3=C(CCc4ccccc43)[C@@H]2C)cc1. The molecule has 2 aliphatic rings. The lowest BCUT2D eigenvalue weighted by Gasteiger charge is -2.21. The molecule has 0 nitrogen and oxygen atoms in total. The molecule has 0 saturated carbocycles. The molecular formula is C24H26. The lowest BCUT2D eigenvalue weighted by atomic mass is 9.83. The summed E-state index contributed by atoms with van der Waals surface area (Å²) in [5.41, 5.74) is 10.5. The van der Waals surface area contributed by atoms with Crippen molar-refractivity contribution in [2.24, 2.45) is 5.92 Å². The summed E-state index contributed by atoms with van der Waals surface area (Å²) in [4.78, 5) is 0.